The molecule has 2 rings (SSSR count). The van der Waals surface area contributed by atoms with E-state index in [4.69, 9.17) is 10.9 Å². The van der Waals surface area contributed by atoms with Gasteiger partial charge in [-0.3, -0.25) is 4.98 Å². The average Bonchev–Trinajstić information content (AvgIpc) is 2.36. The number of nitrogens with zero attached hydrogens (tertiary/aromatic N) is 1. The molecular formula is C13H16N4O2S. The summed E-state index contributed by atoms with van der Waals surface area (Å²) in [6.45, 7) is 2.35. The number of aryl methyl sites for hydroxylation is 1. The Balaban J connectivity index is 2.23. The molecule has 0 saturated carbocycles. The Morgan fingerprint density at radius 2 is 1.90 bits per heavy atom. The van der Waals surface area contributed by atoms with Crippen LogP contribution in [0, 0.1) is 6.92 Å². The second-order valence-electron chi connectivity index (χ2n) is 4.39. The molecular weight excluding hydrogens is 276 g/mol. The maximum Gasteiger partial charge on any atom is 0.240 e. The lowest BCUT2D eigenvalue weighted by Gasteiger charge is -2.11. The van der Waals surface area contributed by atoms with Gasteiger partial charge in [0.15, 0.2) is 0 Å². The number of nitrogen functional groups attached to an aromatic ring is 1. The SMILES string of the molecule is Cc1cccc(CNc2cccc(S(N)(=O)=O)c2N)n1. The van der Waals surface area contributed by atoms with E-state index in [0.29, 0.717) is 12.2 Å². The van der Waals surface area contributed by atoms with Gasteiger partial charge in [0.1, 0.15) is 4.90 Å². The molecule has 0 aliphatic carbocycles. The van der Waals surface area contributed by atoms with Crippen LogP contribution in [-0.4, -0.2) is 13.4 Å². The summed E-state index contributed by atoms with van der Waals surface area (Å²) in [6, 6.07) is 10.3. The molecule has 0 fully saturated rings. The Kier molecular flexibility index (Phi) is 3.91. The van der Waals surface area contributed by atoms with Crippen molar-refractivity contribution in [3.63, 3.8) is 0 Å². The van der Waals surface area contributed by atoms with E-state index in [-0.39, 0.29) is 10.6 Å². The predicted octanol–water partition coefficient (Wildman–Crippen LogP) is 1.23. The predicted molar refractivity (Wildman–Crippen MR) is 78.5 cm³/mol. The fraction of sp³-hybridized carbons (Fsp3) is 0.154. The number of nitrogens with two attached hydrogens (primary N) is 2. The van der Waals surface area contributed by atoms with E-state index >= 15 is 0 Å². The highest BCUT2D eigenvalue weighted by molar-refractivity contribution is 7.89. The van der Waals surface area contributed by atoms with Crippen LogP contribution in [0.2, 0.25) is 0 Å². The maximum atomic E-state index is 11.4. The van der Waals surface area contributed by atoms with Crippen molar-refractivity contribution in [1.82, 2.24) is 4.98 Å². The highest BCUT2D eigenvalue weighted by Gasteiger charge is 2.14. The van der Waals surface area contributed by atoms with Crippen LogP contribution < -0.4 is 16.2 Å². The van der Waals surface area contributed by atoms with Gasteiger partial charge < -0.3 is 11.1 Å². The van der Waals surface area contributed by atoms with E-state index in [1.165, 1.54) is 6.07 Å². The number of primary sulfonamides is 1. The van der Waals surface area contributed by atoms with Crippen LogP contribution in [0.25, 0.3) is 0 Å². The van der Waals surface area contributed by atoms with Gasteiger partial charge in [-0.2, -0.15) is 0 Å². The maximum absolute atomic E-state index is 11.4. The van der Waals surface area contributed by atoms with Crippen LogP contribution in [0.3, 0.4) is 0 Å². The Morgan fingerprint density at radius 1 is 1.20 bits per heavy atom. The summed E-state index contributed by atoms with van der Waals surface area (Å²) in [5.74, 6) is 0. The van der Waals surface area contributed by atoms with Crippen molar-refractivity contribution < 1.29 is 8.42 Å². The first-order valence-corrected chi connectivity index (χ1v) is 7.50. The van der Waals surface area contributed by atoms with Crippen molar-refractivity contribution in [1.29, 1.82) is 0 Å². The molecule has 0 atom stereocenters. The zero-order chi connectivity index (χ0) is 14.8. The molecule has 0 bridgehead atoms. The first-order chi connectivity index (χ1) is 9.38. The summed E-state index contributed by atoms with van der Waals surface area (Å²) < 4.78 is 22.8. The first kappa shape index (κ1) is 14.3. The van der Waals surface area contributed by atoms with E-state index in [2.05, 4.69) is 10.3 Å². The normalized spacial score (nSPS) is 11.3. The second kappa shape index (κ2) is 5.48. The summed E-state index contributed by atoms with van der Waals surface area (Å²) in [7, 11) is -3.83. The van der Waals surface area contributed by atoms with Gasteiger partial charge in [-0.15, -0.1) is 0 Å². The number of nitrogens with one attached hydrogen (secondary N) is 1. The minimum atomic E-state index is -3.83. The number of pyridine rings is 1. The zero-order valence-corrected chi connectivity index (χ0v) is 11.8. The minimum absolute atomic E-state index is 0.0836. The van der Waals surface area contributed by atoms with Crippen LogP contribution in [0.4, 0.5) is 11.4 Å². The van der Waals surface area contributed by atoms with E-state index in [1.54, 1.807) is 12.1 Å². The topological polar surface area (TPSA) is 111 Å². The summed E-state index contributed by atoms with van der Waals surface area (Å²) in [6.07, 6.45) is 0. The van der Waals surface area contributed by atoms with Crippen molar-refractivity contribution >= 4 is 21.4 Å². The molecule has 0 aliphatic rings. The Bertz CT molecular complexity index is 729. The van der Waals surface area contributed by atoms with Crippen LogP contribution in [-0.2, 0) is 16.6 Å². The van der Waals surface area contributed by atoms with Crippen molar-refractivity contribution in [2.45, 2.75) is 18.4 Å². The second-order valence-corrected chi connectivity index (χ2v) is 5.92. The molecule has 0 aliphatic heterocycles. The van der Waals surface area contributed by atoms with Gasteiger partial charge in [0, 0.05) is 5.69 Å². The fourth-order valence-corrected chi connectivity index (χ4v) is 2.51. The van der Waals surface area contributed by atoms with E-state index in [0.717, 1.165) is 11.4 Å². The number of aromatic nitrogens is 1. The van der Waals surface area contributed by atoms with E-state index in [9.17, 15) is 8.42 Å². The van der Waals surface area contributed by atoms with Crippen molar-refractivity contribution in [2.24, 2.45) is 5.14 Å². The van der Waals surface area contributed by atoms with Crippen molar-refractivity contribution in [3.8, 4) is 0 Å². The van der Waals surface area contributed by atoms with Gasteiger partial charge >= 0.3 is 0 Å². The van der Waals surface area contributed by atoms with Crippen LogP contribution in [0.1, 0.15) is 11.4 Å². The third-order valence-corrected chi connectivity index (χ3v) is 3.75. The largest absolute Gasteiger partial charge is 0.396 e. The third-order valence-electron chi connectivity index (χ3n) is 2.78. The highest BCUT2D eigenvalue weighted by atomic mass is 32.2. The number of sulfonamides is 1. The Morgan fingerprint density at radius 3 is 2.55 bits per heavy atom. The van der Waals surface area contributed by atoms with Gasteiger partial charge in [0.2, 0.25) is 10.0 Å². The first-order valence-electron chi connectivity index (χ1n) is 5.95. The smallest absolute Gasteiger partial charge is 0.240 e. The van der Waals surface area contributed by atoms with Crippen molar-refractivity contribution in [3.05, 3.63) is 47.8 Å². The molecule has 1 heterocycles. The molecule has 106 valence electrons. The quantitative estimate of drug-likeness (QED) is 0.734. The summed E-state index contributed by atoms with van der Waals surface area (Å²) in [4.78, 5) is 4.26. The average molecular weight is 292 g/mol. The van der Waals surface area contributed by atoms with Gasteiger partial charge in [-0.05, 0) is 31.2 Å². The Hall–Kier alpha value is -2.12. The van der Waals surface area contributed by atoms with Gasteiger partial charge in [-0.25, -0.2) is 13.6 Å². The molecule has 5 N–H and O–H groups in total. The fourth-order valence-electron chi connectivity index (χ4n) is 1.83. The number of hydrogen-bond donors (Lipinski definition) is 3. The molecule has 7 heteroatoms. The lowest BCUT2D eigenvalue weighted by Crippen LogP contribution is -2.15. The van der Waals surface area contributed by atoms with Crippen LogP contribution in [0.5, 0.6) is 0 Å². The molecule has 0 unspecified atom stereocenters. The lowest BCUT2D eigenvalue weighted by atomic mass is 10.2. The zero-order valence-electron chi connectivity index (χ0n) is 11.0. The molecule has 0 radical (unpaired) electrons. The lowest BCUT2D eigenvalue weighted by molar-refractivity contribution is 0.598. The Labute approximate surface area is 117 Å². The molecule has 2 aromatic rings. The number of benzene rings is 1. The summed E-state index contributed by atoms with van der Waals surface area (Å²) in [5.41, 5.74) is 8.20. The summed E-state index contributed by atoms with van der Waals surface area (Å²) >= 11 is 0. The highest BCUT2D eigenvalue weighted by Crippen LogP contribution is 2.25. The molecule has 0 amide bonds. The molecule has 1 aromatic carbocycles. The number of hydrogen-bond acceptors (Lipinski definition) is 5. The molecule has 0 spiro atoms. The van der Waals surface area contributed by atoms with Crippen molar-refractivity contribution in [2.75, 3.05) is 11.1 Å². The molecule has 1 aromatic heterocycles. The number of para-hydroxylation sites is 1. The summed E-state index contributed by atoms with van der Waals surface area (Å²) in [5, 5.41) is 8.17. The van der Waals surface area contributed by atoms with Crippen LogP contribution in [0.15, 0.2) is 41.3 Å². The van der Waals surface area contributed by atoms with Crippen LogP contribution >= 0.6 is 0 Å². The number of rotatable bonds is 4. The van der Waals surface area contributed by atoms with E-state index in [1.807, 2.05) is 25.1 Å². The third kappa shape index (κ3) is 3.25. The van der Waals surface area contributed by atoms with Gasteiger partial charge in [0.25, 0.3) is 0 Å². The molecule has 20 heavy (non-hydrogen) atoms. The minimum Gasteiger partial charge on any atom is -0.396 e. The monoisotopic (exact) mass is 292 g/mol. The van der Waals surface area contributed by atoms with Gasteiger partial charge in [0.05, 0.1) is 23.6 Å². The van der Waals surface area contributed by atoms with Gasteiger partial charge in [-0.1, -0.05) is 12.1 Å². The number of anilines is 2. The van der Waals surface area contributed by atoms with E-state index < -0.39 is 10.0 Å². The standard InChI is InChI=1S/C13H16N4O2S/c1-9-4-2-5-10(17-9)8-16-11-6-3-7-12(13(11)14)20(15,18)19/h2-7,16H,8,14H2,1H3,(H2,15,18,19). The molecule has 0 saturated heterocycles. The molecule has 6 nitrogen and oxygen atoms in total.